The van der Waals surface area contributed by atoms with Crippen molar-refractivity contribution in [3.8, 4) is 0 Å². The van der Waals surface area contributed by atoms with Gasteiger partial charge in [-0.15, -0.1) is 0 Å². The maximum atomic E-state index is 12.1. The molecule has 1 fully saturated rings. The number of fused-ring (bicyclic) bond motifs is 1. The summed E-state index contributed by atoms with van der Waals surface area (Å²) in [5, 5.41) is 3.20. The molecular weight excluding hydrogens is 238 g/mol. The molecule has 0 spiro atoms. The molecule has 6 heteroatoms. The van der Waals surface area contributed by atoms with Crippen LogP contribution >= 0.6 is 0 Å². The largest absolute Gasteiger partial charge is 0.315 e. The van der Waals surface area contributed by atoms with Gasteiger partial charge in [0, 0.05) is 19.1 Å². The van der Waals surface area contributed by atoms with Crippen LogP contribution < -0.4 is 10.0 Å². The Kier molecular flexibility index (Phi) is 2.57. The van der Waals surface area contributed by atoms with Gasteiger partial charge in [0.05, 0.1) is 5.69 Å². The number of nitrogens with one attached hydrogen (secondary N) is 2. The Labute approximate surface area is 101 Å². The second-order valence-electron chi connectivity index (χ2n) is 4.46. The second-order valence-corrected chi connectivity index (χ2v) is 6.08. The van der Waals surface area contributed by atoms with Gasteiger partial charge in [-0.25, -0.2) is 0 Å². The number of hydrogen-bond acceptors (Lipinski definition) is 3. The van der Waals surface area contributed by atoms with Crippen molar-refractivity contribution in [3.63, 3.8) is 0 Å². The summed E-state index contributed by atoms with van der Waals surface area (Å²) in [6, 6.07) is 7.61. The Balaban J connectivity index is 1.96. The van der Waals surface area contributed by atoms with E-state index in [2.05, 4.69) is 10.0 Å². The van der Waals surface area contributed by atoms with E-state index in [1.165, 1.54) is 0 Å². The predicted molar refractivity (Wildman–Crippen MR) is 65.8 cm³/mol. The van der Waals surface area contributed by atoms with Crippen LogP contribution in [0.5, 0.6) is 0 Å². The van der Waals surface area contributed by atoms with Crippen LogP contribution in [0.4, 0.5) is 5.69 Å². The van der Waals surface area contributed by atoms with E-state index in [1.807, 2.05) is 18.2 Å². The van der Waals surface area contributed by atoms with Gasteiger partial charge < -0.3 is 5.32 Å². The highest BCUT2D eigenvalue weighted by Crippen LogP contribution is 2.28. The third-order valence-corrected chi connectivity index (χ3v) is 4.86. The zero-order valence-corrected chi connectivity index (χ0v) is 10.2. The third-order valence-electron chi connectivity index (χ3n) is 3.33. The highest BCUT2D eigenvalue weighted by Gasteiger charge is 2.35. The summed E-state index contributed by atoms with van der Waals surface area (Å²) in [5.74, 6) is 0. The van der Waals surface area contributed by atoms with Crippen LogP contribution in [0.25, 0.3) is 0 Å². The molecule has 1 saturated heterocycles. The monoisotopic (exact) mass is 253 g/mol. The van der Waals surface area contributed by atoms with Gasteiger partial charge in [0.2, 0.25) is 0 Å². The Bertz CT molecular complexity index is 523. The summed E-state index contributed by atoms with van der Waals surface area (Å²) in [6.45, 7) is 2.10. The molecule has 1 atom stereocenters. The molecule has 17 heavy (non-hydrogen) atoms. The molecule has 5 nitrogen and oxygen atoms in total. The van der Waals surface area contributed by atoms with Gasteiger partial charge in [-0.3, -0.25) is 4.72 Å². The summed E-state index contributed by atoms with van der Waals surface area (Å²) in [5.41, 5.74) is 1.74. The first-order valence-electron chi connectivity index (χ1n) is 5.75. The molecule has 1 aromatic carbocycles. The zero-order valence-electron chi connectivity index (χ0n) is 9.39. The van der Waals surface area contributed by atoms with Gasteiger partial charge in [-0.05, 0) is 24.6 Å². The molecule has 0 aliphatic carbocycles. The summed E-state index contributed by atoms with van der Waals surface area (Å²) < 4.78 is 28.4. The van der Waals surface area contributed by atoms with Crippen molar-refractivity contribution in [3.05, 3.63) is 29.8 Å². The van der Waals surface area contributed by atoms with Crippen LogP contribution in [0.3, 0.4) is 0 Å². The zero-order chi connectivity index (χ0) is 11.9. The first-order chi connectivity index (χ1) is 8.17. The fourth-order valence-electron chi connectivity index (χ4n) is 2.42. The number of rotatable bonds is 1. The second kappa shape index (κ2) is 3.97. The molecule has 1 unspecified atom stereocenters. The van der Waals surface area contributed by atoms with Crippen molar-refractivity contribution < 1.29 is 8.42 Å². The van der Waals surface area contributed by atoms with Gasteiger partial charge in [-0.2, -0.15) is 12.7 Å². The van der Waals surface area contributed by atoms with Gasteiger partial charge >= 0.3 is 10.2 Å². The first-order valence-corrected chi connectivity index (χ1v) is 7.19. The lowest BCUT2D eigenvalue weighted by Crippen LogP contribution is -2.46. The van der Waals surface area contributed by atoms with Crippen molar-refractivity contribution in [1.29, 1.82) is 0 Å². The van der Waals surface area contributed by atoms with Crippen molar-refractivity contribution in [2.24, 2.45) is 0 Å². The van der Waals surface area contributed by atoms with Gasteiger partial charge in [0.25, 0.3) is 0 Å². The minimum absolute atomic E-state index is 0.0702. The predicted octanol–water partition coefficient (Wildman–Crippen LogP) is 0.521. The molecule has 2 N–H and O–H groups in total. The molecular formula is C11H15N3O2S. The topological polar surface area (TPSA) is 61.4 Å². The lowest BCUT2D eigenvalue weighted by atomic mass is 10.1. The Hall–Kier alpha value is -1.11. The van der Waals surface area contributed by atoms with Crippen LogP contribution in [0.15, 0.2) is 24.3 Å². The molecule has 0 aromatic heterocycles. The molecule has 0 bridgehead atoms. The molecule has 0 amide bonds. The quantitative estimate of drug-likeness (QED) is 0.767. The number of anilines is 1. The lowest BCUT2D eigenvalue weighted by molar-refractivity contribution is 0.328. The van der Waals surface area contributed by atoms with Crippen molar-refractivity contribution in [2.45, 2.75) is 19.0 Å². The number of para-hydroxylation sites is 1. The summed E-state index contributed by atoms with van der Waals surface area (Å²) in [7, 11) is -3.38. The molecule has 1 aromatic rings. The van der Waals surface area contributed by atoms with E-state index in [0.717, 1.165) is 25.1 Å². The average molecular weight is 253 g/mol. The summed E-state index contributed by atoms with van der Waals surface area (Å²) in [6.07, 6.45) is 0.878. The molecule has 3 rings (SSSR count). The number of hydrogen-bond donors (Lipinski definition) is 2. The average Bonchev–Trinajstić information content (AvgIpc) is 2.80. The standard InChI is InChI=1S/C11H15N3O2S/c15-17(16)13-11-4-2-1-3-9(11)8-14(17)10-5-6-12-7-10/h1-4,10,12-13H,5-8H2. The fraction of sp³-hybridized carbons (Fsp3) is 0.455. The Morgan fingerprint density at radius 3 is 2.88 bits per heavy atom. The maximum Gasteiger partial charge on any atom is 0.302 e. The van der Waals surface area contributed by atoms with Crippen molar-refractivity contribution in [1.82, 2.24) is 9.62 Å². The van der Waals surface area contributed by atoms with Crippen LogP contribution in [0, 0.1) is 0 Å². The molecule has 92 valence electrons. The summed E-state index contributed by atoms with van der Waals surface area (Å²) in [4.78, 5) is 0. The van der Waals surface area contributed by atoms with E-state index in [0.29, 0.717) is 12.2 Å². The Morgan fingerprint density at radius 2 is 2.12 bits per heavy atom. The molecule has 2 heterocycles. The smallest absolute Gasteiger partial charge is 0.302 e. The molecule has 0 radical (unpaired) electrons. The van der Waals surface area contributed by atoms with Gasteiger partial charge in [0.15, 0.2) is 0 Å². The van der Waals surface area contributed by atoms with Crippen LogP contribution in [0.1, 0.15) is 12.0 Å². The van der Waals surface area contributed by atoms with Crippen LogP contribution in [-0.4, -0.2) is 31.9 Å². The minimum atomic E-state index is -3.38. The third kappa shape index (κ3) is 1.92. The summed E-state index contributed by atoms with van der Waals surface area (Å²) >= 11 is 0. The number of nitrogens with zero attached hydrogens (tertiary/aromatic N) is 1. The van der Waals surface area contributed by atoms with E-state index in [-0.39, 0.29) is 6.04 Å². The minimum Gasteiger partial charge on any atom is -0.315 e. The van der Waals surface area contributed by atoms with E-state index < -0.39 is 10.2 Å². The normalized spacial score (nSPS) is 27.4. The van der Waals surface area contributed by atoms with Crippen LogP contribution in [0.2, 0.25) is 0 Å². The molecule has 0 saturated carbocycles. The van der Waals surface area contributed by atoms with E-state index in [4.69, 9.17) is 0 Å². The maximum absolute atomic E-state index is 12.1. The van der Waals surface area contributed by atoms with E-state index in [9.17, 15) is 8.42 Å². The first kappa shape index (κ1) is 11.0. The lowest BCUT2D eigenvalue weighted by Gasteiger charge is -2.32. The molecule has 2 aliphatic rings. The SMILES string of the molecule is O=S1(=O)Nc2ccccc2CN1C1CCNC1. The van der Waals surface area contributed by atoms with E-state index in [1.54, 1.807) is 10.4 Å². The fourth-order valence-corrected chi connectivity index (χ4v) is 3.89. The van der Waals surface area contributed by atoms with Gasteiger partial charge in [-0.1, -0.05) is 18.2 Å². The van der Waals surface area contributed by atoms with Crippen molar-refractivity contribution >= 4 is 15.9 Å². The van der Waals surface area contributed by atoms with Crippen molar-refractivity contribution in [2.75, 3.05) is 17.8 Å². The highest BCUT2D eigenvalue weighted by molar-refractivity contribution is 7.90. The van der Waals surface area contributed by atoms with Crippen LogP contribution in [-0.2, 0) is 16.8 Å². The Morgan fingerprint density at radius 1 is 1.29 bits per heavy atom. The van der Waals surface area contributed by atoms with E-state index >= 15 is 0 Å². The van der Waals surface area contributed by atoms with Gasteiger partial charge in [0.1, 0.15) is 0 Å². The number of benzene rings is 1. The highest BCUT2D eigenvalue weighted by atomic mass is 32.2. The molecule has 2 aliphatic heterocycles.